The van der Waals surface area contributed by atoms with Gasteiger partial charge in [0, 0.05) is 26.2 Å². The van der Waals surface area contributed by atoms with Crippen LogP contribution in [-0.4, -0.2) is 88.4 Å². The van der Waals surface area contributed by atoms with Crippen molar-refractivity contribution in [3.05, 3.63) is 0 Å². The van der Waals surface area contributed by atoms with Gasteiger partial charge in [0.15, 0.2) is 13.6 Å². The van der Waals surface area contributed by atoms with E-state index < -0.39 is 13.6 Å². The van der Waals surface area contributed by atoms with E-state index in [-0.39, 0.29) is 0 Å². The predicted octanol–water partition coefficient (Wildman–Crippen LogP) is 4.08. The van der Waals surface area contributed by atoms with E-state index in [2.05, 4.69) is 0 Å². The summed E-state index contributed by atoms with van der Waals surface area (Å²) in [7, 11) is 0. The number of rotatable bonds is 2. The molecule has 0 N–H and O–H groups in total. The molecule has 1 rings (SSSR count). The lowest BCUT2D eigenvalue weighted by Crippen LogP contribution is -2.27. The van der Waals surface area contributed by atoms with Crippen molar-refractivity contribution in [2.45, 2.75) is 0 Å². The Hall–Kier alpha value is 1.78. The maximum atomic E-state index is 6.01. The Morgan fingerprint density at radius 2 is 0.708 bits per heavy atom. The molecule has 0 spiro atoms. The number of hydrogen-bond acceptors (Lipinski definition) is 6. The molecule has 24 heavy (non-hydrogen) atoms. The molecule has 1 fully saturated rings. The molecule has 12 heteroatoms. The third-order valence-corrected chi connectivity index (χ3v) is 7.37. The highest BCUT2D eigenvalue weighted by Crippen LogP contribution is 2.50. The first-order valence-corrected chi connectivity index (χ1v) is 13.9. The third kappa shape index (κ3) is 12.2. The van der Waals surface area contributed by atoms with Crippen LogP contribution in [0.25, 0.3) is 0 Å². The fraction of sp³-hybridized carbons (Fsp3) is 1.00. The zero-order chi connectivity index (χ0) is 17.6. The van der Waals surface area contributed by atoms with Crippen molar-refractivity contribution < 1.29 is 18.9 Å². The summed E-state index contributed by atoms with van der Waals surface area (Å²) in [5, 5.41) is 0. The number of ether oxygens (including phenoxy) is 4. The van der Waals surface area contributed by atoms with Crippen LogP contribution in [0.1, 0.15) is 0 Å². The van der Waals surface area contributed by atoms with E-state index in [1.54, 1.807) is 0 Å². The molecule has 0 unspecified atom stereocenters. The van der Waals surface area contributed by atoms with E-state index in [1.165, 1.54) is 0 Å². The van der Waals surface area contributed by atoms with E-state index in [4.69, 9.17) is 63.9 Å². The van der Waals surface area contributed by atoms with Gasteiger partial charge in [0.05, 0.1) is 52.9 Å². The standard InChI is InChI=1S/C12H24Cl4N2O4P2/c13-23(14)17-1-5-19-9-10-21-7-3-18(24(15)16)4-8-22-12-11-20-6-2-17/h1-12H2. The molecular weight excluding hydrogens is 440 g/mol. The minimum atomic E-state index is -1.20. The van der Waals surface area contributed by atoms with Gasteiger partial charge in [-0.15, -0.1) is 0 Å². The van der Waals surface area contributed by atoms with Crippen LogP contribution in [0.4, 0.5) is 0 Å². The van der Waals surface area contributed by atoms with Gasteiger partial charge in [-0.05, 0) is 0 Å². The number of hydrogen-bond donors (Lipinski definition) is 0. The van der Waals surface area contributed by atoms with Gasteiger partial charge in [-0.2, -0.15) is 0 Å². The van der Waals surface area contributed by atoms with Crippen LogP contribution in [0.3, 0.4) is 0 Å². The van der Waals surface area contributed by atoms with E-state index in [0.29, 0.717) is 79.0 Å². The fourth-order valence-electron chi connectivity index (χ4n) is 1.85. The van der Waals surface area contributed by atoms with E-state index in [1.807, 2.05) is 9.34 Å². The first-order valence-electron chi connectivity index (χ1n) is 7.65. The molecule has 0 aromatic heterocycles. The highest BCUT2D eigenvalue weighted by molar-refractivity contribution is 8.02. The molecular formula is C12H24Cl4N2O4P2. The van der Waals surface area contributed by atoms with Crippen molar-refractivity contribution in [2.75, 3.05) is 79.0 Å². The van der Waals surface area contributed by atoms with Gasteiger partial charge in [-0.1, -0.05) is 45.0 Å². The molecule has 144 valence electrons. The quantitative estimate of drug-likeness (QED) is 0.575. The molecule has 0 aromatic rings. The van der Waals surface area contributed by atoms with Gasteiger partial charge < -0.3 is 18.9 Å². The fourth-order valence-corrected chi connectivity index (χ4v) is 4.60. The molecule has 0 aliphatic carbocycles. The van der Waals surface area contributed by atoms with Gasteiger partial charge in [0.1, 0.15) is 0 Å². The summed E-state index contributed by atoms with van der Waals surface area (Å²) in [6.07, 6.45) is 0. The van der Waals surface area contributed by atoms with Crippen LogP contribution in [-0.2, 0) is 18.9 Å². The average Bonchev–Trinajstić information content (AvgIpc) is 2.54. The monoisotopic (exact) mass is 462 g/mol. The molecule has 0 saturated carbocycles. The van der Waals surface area contributed by atoms with Crippen LogP contribution in [0.2, 0.25) is 0 Å². The van der Waals surface area contributed by atoms with Crippen LogP contribution in [0, 0.1) is 0 Å². The molecule has 0 amide bonds. The summed E-state index contributed by atoms with van der Waals surface area (Å²) in [6.45, 7) is 4.52. The molecule has 0 aromatic carbocycles. The second-order valence-electron chi connectivity index (χ2n) is 4.79. The van der Waals surface area contributed by atoms with Gasteiger partial charge in [0.2, 0.25) is 0 Å². The molecule has 1 heterocycles. The Balaban J connectivity index is 2.35. The molecule has 1 saturated heterocycles. The highest BCUT2D eigenvalue weighted by atomic mass is 35.9. The number of halogens is 4. The topological polar surface area (TPSA) is 43.4 Å². The molecule has 6 nitrogen and oxygen atoms in total. The van der Waals surface area contributed by atoms with E-state index >= 15 is 0 Å². The largest absolute Gasteiger partial charge is 0.378 e. The Morgan fingerprint density at radius 3 is 0.917 bits per heavy atom. The Kier molecular flexibility index (Phi) is 15.7. The van der Waals surface area contributed by atoms with Crippen molar-refractivity contribution in [3.63, 3.8) is 0 Å². The Bertz CT molecular complexity index is 264. The summed E-state index contributed by atoms with van der Waals surface area (Å²) < 4.78 is 26.0. The molecule has 0 bridgehead atoms. The van der Waals surface area contributed by atoms with Crippen molar-refractivity contribution in [3.8, 4) is 0 Å². The van der Waals surface area contributed by atoms with Crippen molar-refractivity contribution in [2.24, 2.45) is 0 Å². The zero-order valence-corrected chi connectivity index (χ0v) is 18.2. The minimum absolute atomic E-state index is 0.520. The second-order valence-corrected chi connectivity index (χ2v) is 11.7. The summed E-state index contributed by atoms with van der Waals surface area (Å²) in [5.74, 6) is 0. The van der Waals surface area contributed by atoms with Gasteiger partial charge in [0.25, 0.3) is 0 Å². The third-order valence-electron chi connectivity index (χ3n) is 3.15. The van der Waals surface area contributed by atoms with Gasteiger partial charge in [-0.3, -0.25) is 9.34 Å². The summed E-state index contributed by atoms with van der Waals surface area (Å²) in [4.78, 5) is 0. The Labute approximate surface area is 165 Å². The van der Waals surface area contributed by atoms with Crippen LogP contribution >= 0.6 is 58.5 Å². The smallest absolute Gasteiger partial charge is 0.160 e. The van der Waals surface area contributed by atoms with Crippen LogP contribution < -0.4 is 0 Å². The molecule has 0 atom stereocenters. The normalized spacial score (nSPS) is 23.2. The van der Waals surface area contributed by atoms with Crippen molar-refractivity contribution in [1.82, 2.24) is 9.34 Å². The summed E-state index contributed by atoms with van der Waals surface area (Å²) in [6, 6.07) is 0. The minimum Gasteiger partial charge on any atom is -0.378 e. The van der Waals surface area contributed by atoms with Gasteiger partial charge >= 0.3 is 0 Å². The lowest BCUT2D eigenvalue weighted by atomic mass is 10.6. The van der Waals surface area contributed by atoms with Crippen LogP contribution in [0.15, 0.2) is 0 Å². The lowest BCUT2D eigenvalue weighted by molar-refractivity contribution is 0.0250. The maximum absolute atomic E-state index is 6.01. The SMILES string of the molecule is ClP(Cl)N1CCOCCOCCN(P(Cl)Cl)CCOCCOCC1. The molecule has 0 radical (unpaired) electrons. The number of nitrogens with zero attached hydrogens (tertiary/aromatic N) is 2. The van der Waals surface area contributed by atoms with E-state index in [0.717, 1.165) is 0 Å². The predicted molar refractivity (Wildman–Crippen MR) is 104 cm³/mol. The second kappa shape index (κ2) is 15.8. The van der Waals surface area contributed by atoms with Crippen molar-refractivity contribution in [1.29, 1.82) is 0 Å². The molecule has 1 aliphatic rings. The zero-order valence-electron chi connectivity index (χ0n) is 13.4. The highest BCUT2D eigenvalue weighted by Gasteiger charge is 2.14. The maximum Gasteiger partial charge on any atom is 0.160 e. The first-order chi connectivity index (χ1) is 11.6. The van der Waals surface area contributed by atoms with Crippen LogP contribution in [0.5, 0.6) is 0 Å². The molecule has 1 aliphatic heterocycles. The Morgan fingerprint density at radius 1 is 0.458 bits per heavy atom. The summed E-state index contributed by atoms with van der Waals surface area (Å²) >= 11 is 24.0. The van der Waals surface area contributed by atoms with Gasteiger partial charge in [-0.25, -0.2) is 0 Å². The van der Waals surface area contributed by atoms with E-state index in [9.17, 15) is 0 Å². The van der Waals surface area contributed by atoms with Crippen molar-refractivity contribution >= 4 is 58.5 Å². The first kappa shape index (κ1) is 23.8. The lowest BCUT2D eigenvalue weighted by Gasteiger charge is -2.23. The summed E-state index contributed by atoms with van der Waals surface area (Å²) in [5.41, 5.74) is 0. The average molecular weight is 464 g/mol.